The third-order valence-corrected chi connectivity index (χ3v) is 4.79. The van der Waals surface area contributed by atoms with Crippen LogP contribution in [0, 0.1) is 0 Å². The second-order valence-corrected chi connectivity index (χ2v) is 7.33. The van der Waals surface area contributed by atoms with Gasteiger partial charge < -0.3 is 15.3 Å². The molecule has 174 valence electrons. The third kappa shape index (κ3) is 9.56. The zero-order valence-corrected chi connectivity index (χ0v) is 21.7. The van der Waals surface area contributed by atoms with Crippen molar-refractivity contribution in [2.24, 2.45) is 0 Å². The van der Waals surface area contributed by atoms with Gasteiger partial charge in [0.25, 0.3) is 0 Å². The van der Waals surface area contributed by atoms with Gasteiger partial charge in [0.2, 0.25) is 0 Å². The fourth-order valence-corrected chi connectivity index (χ4v) is 3.19. The zero-order chi connectivity index (χ0) is 24.0. The Labute approximate surface area is 225 Å². The number of fused-ring (bicyclic) bond motifs is 3. The molecule has 0 spiro atoms. The summed E-state index contributed by atoms with van der Waals surface area (Å²) in [6.45, 7) is 0. The SMILES string of the molecule is Oc1ccccc1.Oc1ccccc1.Oc1ccccc1.[Zr].c1ccc2c(c1)[cH-]c1ccccc12. The van der Waals surface area contributed by atoms with Crippen LogP contribution >= 0.6 is 0 Å². The Bertz CT molecular complexity index is 1230. The predicted octanol–water partition coefficient (Wildman–Crippen LogP) is 7.89. The van der Waals surface area contributed by atoms with E-state index in [4.69, 9.17) is 15.3 Å². The van der Waals surface area contributed by atoms with E-state index in [0.29, 0.717) is 17.2 Å². The summed E-state index contributed by atoms with van der Waals surface area (Å²) >= 11 is 0. The van der Waals surface area contributed by atoms with Crippen LogP contribution in [0.3, 0.4) is 0 Å². The molecular formula is C31H27O3Zr-. The van der Waals surface area contributed by atoms with Crippen LogP contribution in [0.25, 0.3) is 21.5 Å². The van der Waals surface area contributed by atoms with Crippen molar-refractivity contribution in [3.05, 3.63) is 146 Å². The first kappa shape index (κ1) is 27.5. The number of hydrogen-bond acceptors (Lipinski definition) is 3. The average molecular weight is 539 g/mol. The summed E-state index contributed by atoms with van der Waals surface area (Å²) in [4.78, 5) is 0. The molecule has 0 radical (unpaired) electrons. The Balaban J connectivity index is 0.000000172. The van der Waals surface area contributed by atoms with Gasteiger partial charge >= 0.3 is 0 Å². The first-order valence-electron chi connectivity index (χ1n) is 10.9. The van der Waals surface area contributed by atoms with Crippen molar-refractivity contribution in [2.45, 2.75) is 0 Å². The smallest absolute Gasteiger partial charge is 0.115 e. The maximum Gasteiger partial charge on any atom is 0.115 e. The largest absolute Gasteiger partial charge is 0.508 e. The normalized spacial score (nSPS) is 9.26. The van der Waals surface area contributed by atoms with E-state index >= 15 is 0 Å². The molecule has 0 fully saturated rings. The Kier molecular flexibility index (Phi) is 12.0. The monoisotopic (exact) mass is 537 g/mol. The molecular weight excluding hydrogens is 512 g/mol. The molecule has 0 heterocycles. The van der Waals surface area contributed by atoms with Gasteiger partial charge in [-0.25, -0.2) is 0 Å². The van der Waals surface area contributed by atoms with E-state index in [1.54, 1.807) is 72.8 Å². The Morgan fingerprint density at radius 1 is 0.343 bits per heavy atom. The standard InChI is InChI=1S/C13H9.3C6H6O.Zr/c1-3-7-12-10(5-1)9-11-6-2-4-8-13(11)12;3*7-6-4-2-1-3-5-6;/h1-9H;3*1-5,7H;/q-1;;;;. The number of phenolic OH excluding ortho intramolecular Hbond substituents is 3. The molecule has 0 saturated heterocycles. The van der Waals surface area contributed by atoms with Gasteiger partial charge in [-0.15, -0.1) is 39.7 Å². The van der Waals surface area contributed by atoms with Gasteiger partial charge in [-0.05, 0) is 36.4 Å². The van der Waals surface area contributed by atoms with Crippen LogP contribution < -0.4 is 0 Å². The molecule has 6 rings (SSSR count). The molecule has 0 amide bonds. The number of aromatic hydroxyl groups is 3. The molecule has 0 aliphatic rings. The van der Waals surface area contributed by atoms with Crippen molar-refractivity contribution in [3.8, 4) is 17.2 Å². The molecule has 0 aliphatic carbocycles. The van der Waals surface area contributed by atoms with Crippen molar-refractivity contribution in [3.63, 3.8) is 0 Å². The number of rotatable bonds is 0. The Morgan fingerprint density at radius 2 is 0.600 bits per heavy atom. The van der Waals surface area contributed by atoms with Gasteiger partial charge in [-0.3, -0.25) is 0 Å². The van der Waals surface area contributed by atoms with E-state index in [1.807, 2.05) is 18.2 Å². The summed E-state index contributed by atoms with van der Waals surface area (Å²) in [5, 5.41) is 31.3. The third-order valence-electron chi connectivity index (χ3n) is 4.79. The fraction of sp³-hybridized carbons (Fsp3) is 0. The maximum absolute atomic E-state index is 8.63. The average Bonchev–Trinajstić information content (AvgIpc) is 3.26. The number of hydrogen-bond donors (Lipinski definition) is 3. The summed E-state index contributed by atoms with van der Waals surface area (Å²) in [6, 6.07) is 45.4. The number of para-hydroxylation sites is 3. The minimum absolute atomic E-state index is 0. The summed E-state index contributed by atoms with van der Waals surface area (Å²) in [6.07, 6.45) is 0. The van der Waals surface area contributed by atoms with Gasteiger partial charge in [-0.1, -0.05) is 91.0 Å². The summed E-state index contributed by atoms with van der Waals surface area (Å²) < 4.78 is 0. The van der Waals surface area contributed by atoms with Crippen LogP contribution in [-0.2, 0) is 26.2 Å². The molecule has 0 atom stereocenters. The Morgan fingerprint density at radius 3 is 0.857 bits per heavy atom. The van der Waals surface area contributed by atoms with Gasteiger partial charge in [0, 0.05) is 26.2 Å². The molecule has 3 N–H and O–H groups in total. The minimum Gasteiger partial charge on any atom is -0.508 e. The maximum atomic E-state index is 8.63. The summed E-state index contributed by atoms with van der Waals surface area (Å²) in [5.41, 5.74) is 0. The topological polar surface area (TPSA) is 60.7 Å². The molecule has 0 bridgehead atoms. The first-order chi connectivity index (χ1) is 16.6. The molecule has 0 aromatic heterocycles. The zero-order valence-electron chi connectivity index (χ0n) is 19.2. The van der Waals surface area contributed by atoms with Crippen LogP contribution in [-0.4, -0.2) is 15.3 Å². The number of phenols is 3. The van der Waals surface area contributed by atoms with Gasteiger partial charge in [0.05, 0.1) is 0 Å². The van der Waals surface area contributed by atoms with E-state index in [0.717, 1.165) is 0 Å². The first-order valence-corrected chi connectivity index (χ1v) is 10.9. The van der Waals surface area contributed by atoms with E-state index in [-0.39, 0.29) is 26.2 Å². The molecule has 0 unspecified atom stereocenters. The summed E-state index contributed by atoms with van der Waals surface area (Å²) in [5.74, 6) is 0.965. The molecule has 6 aromatic carbocycles. The van der Waals surface area contributed by atoms with Gasteiger partial charge in [-0.2, -0.15) is 0 Å². The fourth-order valence-electron chi connectivity index (χ4n) is 3.19. The van der Waals surface area contributed by atoms with Crippen molar-refractivity contribution in [1.82, 2.24) is 0 Å². The molecule has 3 nitrogen and oxygen atoms in total. The van der Waals surface area contributed by atoms with Crippen LogP contribution in [0.15, 0.2) is 146 Å². The molecule has 6 aromatic rings. The molecule has 0 saturated carbocycles. The van der Waals surface area contributed by atoms with Crippen LogP contribution in [0.2, 0.25) is 0 Å². The van der Waals surface area contributed by atoms with E-state index in [9.17, 15) is 0 Å². The van der Waals surface area contributed by atoms with Crippen molar-refractivity contribution >= 4 is 21.5 Å². The second-order valence-electron chi connectivity index (χ2n) is 7.33. The Hall–Kier alpha value is -3.75. The van der Waals surface area contributed by atoms with Crippen LogP contribution in [0.4, 0.5) is 0 Å². The van der Waals surface area contributed by atoms with Crippen LogP contribution in [0.1, 0.15) is 0 Å². The van der Waals surface area contributed by atoms with Gasteiger partial charge in [0.1, 0.15) is 17.2 Å². The molecule has 4 heteroatoms. The van der Waals surface area contributed by atoms with E-state index < -0.39 is 0 Å². The van der Waals surface area contributed by atoms with Crippen molar-refractivity contribution < 1.29 is 41.5 Å². The number of benzene rings is 5. The molecule has 35 heavy (non-hydrogen) atoms. The molecule has 0 aliphatic heterocycles. The quantitative estimate of drug-likeness (QED) is 0.172. The van der Waals surface area contributed by atoms with Gasteiger partial charge in [0.15, 0.2) is 0 Å². The minimum atomic E-state index is 0. The van der Waals surface area contributed by atoms with Crippen molar-refractivity contribution in [2.75, 3.05) is 0 Å². The predicted molar refractivity (Wildman–Crippen MR) is 141 cm³/mol. The second kappa shape index (κ2) is 15.2. The van der Waals surface area contributed by atoms with Crippen molar-refractivity contribution in [1.29, 1.82) is 0 Å². The van der Waals surface area contributed by atoms with E-state index in [1.165, 1.54) is 21.5 Å². The summed E-state index contributed by atoms with van der Waals surface area (Å²) in [7, 11) is 0. The van der Waals surface area contributed by atoms with Crippen LogP contribution in [0.5, 0.6) is 17.2 Å². The van der Waals surface area contributed by atoms with E-state index in [2.05, 4.69) is 54.6 Å².